The van der Waals surface area contributed by atoms with Crippen LogP contribution in [-0.2, 0) is 4.79 Å². The SMILES string of the molecule is Cc1cc(/C=C2\C(=N)N3N=C(c4ccccc4F)SC3=NC2=O)c(C)n1-c1cccc2ccccc12. The van der Waals surface area contributed by atoms with E-state index in [0.29, 0.717) is 10.6 Å². The summed E-state index contributed by atoms with van der Waals surface area (Å²) in [5.41, 5.74) is 4.26. The summed E-state index contributed by atoms with van der Waals surface area (Å²) in [5, 5.41) is 17.3. The van der Waals surface area contributed by atoms with Gasteiger partial charge in [0.1, 0.15) is 10.9 Å². The van der Waals surface area contributed by atoms with Crippen LogP contribution in [0.15, 0.2) is 88.5 Å². The Labute approximate surface area is 211 Å². The molecule has 0 atom stereocenters. The zero-order valence-corrected chi connectivity index (χ0v) is 20.3. The molecule has 4 aromatic rings. The lowest BCUT2D eigenvalue weighted by Gasteiger charge is -2.20. The predicted molar refractivity (Wildman–Crippen MR) is 143 cm³/mol. The number of nitrogens with one attached hydrogen (secondary N) is 1. The van der Waals surface area contributed by atoms with Crippen molar-refractivity contribution in [3.05, 3.63) is 107 Å². The number of thioether (sulfide) groups is 1. The number of hydrogen-bond acceptors (Lipinski definition) is 4. The van der Waals surface area contributed by atoms with Gasteiger partial charge in [-0.25, -0.2) is 4.39 Å². The number of amidine groups is 2. The van der Waals surface area contributed by atoms with Crippen LogP contribution in [0, 0.1) is 25.1 Å². The third-order valence-corrected chi connectivity index (χ3v) is 7.28. The molecule has 0 radical (unpaired) electrons. The fourth-order valence-corrected chi connectivity index (χ4v) is 5.52. The largest absolute Gasteiger partial charge is 0.317 e. The summed E-state index contributed by atoms with van der Waals surface area (Å²) >= 11 is 1.08. The smallest absolute Gasteiger partial charge is 0.283 e. The van der Waals surface area contributed by atoms with E-state index in [-0.39, 0.29) is 16.6 Å². The van der Waals surface area contributed by atoms with Crippen molar-refractivity contribution in [1.29, 1.82) is 5.41 Å². The molecule has 2 aliphatic rings. The minimum Gasteiger partial charge on any atom is -0.317 e. The minimum atomic E-state index is -0.515. The van der Waals surface area contributed by atoms with Gasteiger partial charge in [0.25, 0.3) is 5.91 Å². The minimum absolute atomic E-state index is 0.0844. The molecule has 0 aliphatic carbocycles. The molecule has 6 nitrogen and oxygen atoms in total. The Morgan fingerprint density at radius 3 is 2.58 bits per heavy atom. The van der Waals surface area contributed by atoms with Crippen LogP contribution in [0.2, 0.25) is 0 Å². The number of carbonyl (C=O) groups excluding carboxylic acids is 1. The van der Waals surface area contributed by atoms with Crippen molar-refractivity contribution in [3.63, 3.8) is 0 Å². The van der Waals surface area contributed by atoms with Crippen LogP contribution in [0.3, 0.4) is 0 Å². The Kier molecular flexibility index (Phi) is 5.19. The van der Waals surface area contributed by atoms with Gasteiger partial charge in [0.05, 0.1) is 11.3 Å². The van der Waals surface area contributed by atoms with Crippen LogP contribution in [0.1, 0.15) is 22.5 Å². The van der Waals surface area contributed by atoms with E-state index in [1.165, 1.54) is 11.1 Å². The maximum Gasteiger partial charge on any atom is 0.283 e. The van der Waals surface area contributed by atoms with Gasteiger partial charge in [-0.05, 0) is 66.9 Å². The number of rotatable bonds is 3. The Morgan fingerprint density at radius 1 is 1.00 bits per heavy atom. The molecule has 1 amide bonds. The van der Waals surface area contributed by atoms with Crippen molar-refractivity contribution in [2.24, 2.45) is 10.1 Å². The van der Waals surface area contributed by atoms with Crippen molar-refractivity contribution in [2.45, 2.75) is 13.8 Å². The molecule has 3 aromatic carbocycles. The predicted octanol–water partition coefficient (Wildman–Crippen LogP) is 6.05. The van der Waals surface area contributed by atoms with Crippen molar-refractivity contribution >= 4 is 50.6 Å². The molecule has 0 saturated carbocycles. The standard InChI is InChI=1S/C28H20FN5OS/c1-16-14-19(17(2)33(16)24-13-7-9-18-8-3-4-10-20(18)24)15-22-25(30)34-28(31-26(22)35)36-27(32-34)21-11-5-6-12-23(21)29/h3-15,30H,1-2H3/b22-15+,30-25?. The van der Waals surface area contributed by atoms with E-state index in [2.05, 4.69) is 38.9 Å². The van der Waals surface area contributed by atoms with E-state index in [0.717, 1.165) is 45.2 Å². The van der Waals surface area contributed by atoms with Gasteiger partial charge in [-0.1, -0.05) is 48.5 Å². The number of carbonyl (C=O) groups is 1. The first kappa shape index (κ1) is 22.2. The van der Waals surface area contributed by atoms with Crippen LogP contribution >= 0.6 is 11.8 Å². The van der Waals surface area contributed by atoms with Crippen LogP contribution in [0.4, 0.5) is 4.39 Å². The molecule has 6 rings (SSSR count). The van der Waals surface area contributed by atoms with Gasteiger partial charge < -0.3 is 4.57 Å². The monoisotopic (exact) mass is 493 g/mol. The molecular weight excluding hydrogens is 473 g/mol. The Hall–Kier alpha value is -4.30. The van der Waals surface area contributed by atoms with E-state index < -0.39 is 11.7 Å². The van der Waals surface area contributed by atoms with E-state index in [9.17, 15) is 9.18 Å². The van der Waals surface area contributed by atoms with E-state index in [1.807, 2.05) is 38.1 Å². The number of aliphatic imine (C=N–C) groups is 1. The average Bonchev–Trinajstić information content (AvgIpc) is 3.42. The molecule has 1 aromatic heterocycles. The zero-order chi connectivity index (χ0) is 25.0. The van der Waals surface area contributed by atoms with Crippen molar-refractivity contribution < 1.29 is 9.18 Å². The van der Waals surface area contributed by atoms with Gasteiger partial charge in [0, 0.05) is 22.3 Å². The van der Waals surface area contributed by atoms with Gasteiger partial charge >= 0.3 is 0 Å². The molecule has 176 valence electrons. The molecule has 0 bridgehead atoms. The highest BCUT2D eigenvalue weighted by molar-refractivity contribution is 8.27. The van der Waals surface area contributed by atoms with E-state index in [4.69, 9.17) is 5.41 Å². The van der Waals surface area contributed by atoms with Crippen molar-refractivity contribution in [2.75, 3.05) is 0 Å². The molecule has 2 aliphatic heterocycles. The highest BCUT2D eigenvalue weighted by Crippen LogP contribution is 2.33. The quantitative estimate of drug-likeness (QED) is 0.353. The Balaban J connectivity index is 1.40. The Bertz CT molecular complexity index is 1690. The molecule has 3 heterocycles. The first-order valence-electron chi connectivity index (χ1n) is 11.3. The first-order valence-corrected chi connectivity index (χ1v) is 12.2. The van der Waals surface area contributed by atoms with Crippen LogP contribution < -0.4 is 0 Å². The number of halogens is 1. The summed E-state index contributed by atoms with van der Waals surface area (Å²) in [5.74, 6) is -1.02. The van der Waals surface area contributed by atoms with E-state index >= 15 is 0 Å². The lowest BCUT2D eigenvalue weighted by Crippen LogP contribution is -2.35. The molecular formula is C28H20FN5OS. The number of benzene rings is 3. The third-order valence-electron chi connectivity index (χ3n) is 6.34. The zero-order valence-electron chi connectivity index (χ0n) is 19.5. The lowest BCUT2D eigenvalue weighted by atomic mass is 10.1. The van der Waals surface area contributed by atoms with Crippen LogP contribution in [-0.4, -0.2) is 31.5 Å². The molecule has 0 unspecified atom stereocenters. The highest BCUT2D eigenvalue weighted by atomic mass is 32.2. The fraction of sp³-hybridized carbons (Fsp3) is 0.0714. The summed E-state index contributed by atoms with van der Waals surface area (Å²) in [6.07, 6.45) is 1.69. The molecule has 0 spiro atoms. The van der Waals surface area contributed by atoms with Crippen LogP contribution in [0.5, 0.6) is 0 Å². The molecule has 8 heteroatoms. The maximum absolute atomic E-state index is 14.3. The van der Waals surface area contributed by atoms with Gasteiger partial charge in [-0.3, -0.25) is 10.2 Å². The lowest BCUT2D eigenvalue weighted by molar-refractivity contribution is -0.114. The number of amides is 1. The molecule has 1 N–H and O–H groups in total. The molecule has 0 saturated heterocycles. The van der Waals surface area contributed by atoms with Gasteiger partial charge in [0.2, 0.25) is 5.17 Å². The second-order valence-corrected chi connectivity index (χ2v) is 9.52. The summed E-state index contributed by atoms with van der Waals surface area (Å²) in [4.78, 5) is 17.1. The van der Waals surface area contributed by atoms with Crippen molar-refractivity contribution in [1.82, 2.24) is 9.58 Å². The number of hydrazone groups is 1. The number of hydrogen-bond donors (Lipinski definition) is 1. The number of nitrogens with zero attached hydrogens (tertiary/aromatic N) is 4. The summed E-state index contributed by atoms with van der Waals surface area (Å²) in [7, 11) is 0. The second-order valence-electron chi connectivity index (χ2n) is 8.57. The van der Waals surface area contributed by atoms with E-state index in [1.54, 1.807) is 24.3 Å². The van der Waals surface area contributed by atoms with Gasteiger partial charge in [-0.15, -0.1) is 0 Å². The van der Waals surface area contributed by atoms with Crippen molar-refractivity contribution in [3.8, 4) is 5.69 Å². The average molecular weight is 494 g/mol. The highest BCUT2D eigenvalue weighted by Gasteiger charge is 2.36. The number of aromatic nitrogens is 1. The molecule has 0 fully saturated rings. The maximum atomic E-state index is 14.3. The summed E-state index contributed by atoms with van der Waals surface area (Å²) in [6.45, 7) is 4.01. The van der Waals surface area contributed by atoms with Gasteiger partial charge in [0.15, 0.2) is 5.84 Å². The number of aryl methyl sites for hydroxylation is 1. The fourth-order valence-electron chi connectivity index (χ4n) is 4.60. The number of fused-ring (bicyclic) bond motifs is 2. The first-order chi connectivity index (χ1) is 17.4. The third kappa shape index (κ3) is 3.49. The van der Waals surface area contributed by atoms with Crippen LogP contribution in [0.25, 0.3) is 22.5 Å². The summed E-state index contributed by atoms with van der Waals surface area (Å²) < 4.78 is 16.4. The van der Waals surface area contributed by atoms with Gasteiger partial charge in [-0.2, -0.15) is 15.1 Å². The normalized spacial score (nSPS) is 16.5. The summed E-state index contributed by atoms with van der Waals surface area (Å²) in [6, 6.07) is 22.7. The molecule has 36 heavy (non-hydrogen) atoms. The topological polar surface area (TPSA) is 73.8 Å². The Morgan fingerprint density at radius 2 is 1.75 bits per heavy atom. The second kappa shape index (κ2) is 8.42.